The third kappa shape index (κ3) is 1.31. The summed E-state index contributed by atoms with van der Waals surface area (Å²) in [5, 5.41) is 3.26. The topological polar surface area (TPSA) is 30.5 Å². The maximum absolute atomic E-state index is 5.49. The third-order valence-electron chi connectivity index (χ3n) is 2.05. The largest absolute Gasteiger partial charge is 0.374 e. The van der Waals surface area contributed by atoms with Crippen LogP contribution in [0.15, 0.2) is 0 Å². The first-order valence-corrected chi connectivity index (χ1v) is 3.89. The van der Waals surface area contributed by atoms with Crippen LogP contribution < -0.4 is 5.32 Å². The minimum Gasteiger partial charge on any atom is -0.374 e. The summed E-state index contributed by atoms with van der Waals surface area (Å²) in [4.78, 5) is 0. The molecule has 2 fully saturated rings. The van der Waals surface area contributed by atoms with E-state index < -0.39 is 0 Å². The molecule has 3 heteroatoms. The summed E-state index contributed by atoms with van der Waals surface area (Å²) < 4.78 is 10.9. The second-order valence-electron chi connectivity index (χ2n) is 2.89. The highest BCUT2D eigenvalue weighted by Gasteiger charge is 2.26. The first-order valence-electron chi connectivity index (χ1n) is 3.89. The van der Waals surface area contributed by atoms with Crippen molar-refractivity contribution in [1.29, 1.82) is 0 Å². The van der Waals surface area contributed by atoms with Gasteiger partial charge in [-0.25, -0.2) is 0 Å². The molecule has 0 spiro atoms. The van der Waals surface area contributed by atoms with Crippen LogP contribution in [0.4, 0.5) is 0 Å². The summed E-state index contributed by atoms with van der Waals surface area (Å²) in [6, 6.07) is 0. The Kier molecular flexibility index (Phi) is 1.88. The molecule has 2 saturated heterocycles. The van der Waals surface area contributed by atoms with E-state index in [0.717, 1.165) is 32.7 Å². The van der Waals surface area contributed by atoms with Crippen molar-refractivity contribution in [3.63, 3.8) is 0 Å². The van der Waals surface area contributed by atoms with Crippen LogP contribution in [-0.2, 0) is 9.47 Å². The second kappa shape index (κ2) is 2.86. The molecule has 2 bridgehead atoms. The van der Waals surface area contributed by atoms with Crippen LogP contribution in [-0.4, -0.2) is 38.5 Å². The van der Waals surface area contributed by atoms with Crippen molar-refractivity contribution in [3.8, 4) is 0 Å². The highest BCUT2D eigenvalue weighted by molar-refractivity contribution is 4.77. The average Bonchev–Trinajstić information content (AvgIpc) is 2.30. The number of ether oxygens (including phenoxy) is 2. The number of hydrogen-bond acceptors (Lipinski definition) is 3. The lowest BCUT2D eigenvalue weighted by Crippen LogP contribution is -2.32. The van der Waals surface area contributed by atoms with Gasteiger partial charge in [-0.2, -0.15) is 0 Å². The van der Waals surface area contributed by atoms with E-state index >= 15 is 0 Å². The summed E-state index contributed by atoms with van der Waals surface area (Å²) in [7, 11) is 0. The molecule has 0 aromatic carbocycles. The van der Waals surface area contributed by atoms with Crippen LogP contribution in [0.25, 0.3) is 0 Å². The van der Waals surface area contributed by atoms with Gasteiger partial charge in [-0.15, -0.1) is 0 Å². The van der Waals surface area contributed by atoms with Crippen LogP contribution in [0.5, 0.6) is 0 Å². The van der Waals surface area contributed by atoms with Gasteiger partial charge in [0.2, 0.25) is 0 Å². The molecule has 0 aromatic heterocycles. The van der Waals surface area contributed by atoms with Gasteiger partial charge in [-0.1, -0.05) is 0 Å². The standard InChI is InChI=1S/C7H13NO2/c1-2-9-7-3-6(4-8-1)10-5-7/h6-8H,1-5H2. The molecule has 0 radical (unpaired) electrons. The Hall–Kier alpha value is -0.120. The third-order valence-corrected chi connectivity index (χ3v) is 2.05. The highest BCUT2D eigenvalue weighted by Crippen LogP contribution is 2.16. The van der Waals surface area contributed by atoms with E-state index in [0.29, 0.717) is 12.2 Å². The van der Waals surface area contributed by atoms with Crippen LogP contribution in [0.2, 0.25) is 0 Å². The smallest absolute Gasteiger partial charge is 0.0834 e. The lowest BCUT2D eigenvalue weighted by Gasteiger charge is -2.15. The lowest BCUT2D eigenvalue weighted by atomic mass is 10.2. The van der Waals surface area contributed by atoms with E-state index in [-0.39, 0.29) is 0 Å². The molecule has 2 heterocycles. The molecular weight excluding hydrogens is 130 g/mol. The van der Waals surface area contributed by atoms with Crippen molar-refractivity contribution in [1.82, 2.24) is 5.32 Å². The fraction of sp³-hybridized carbons (Fsp3) is 1.00. The highest BCUT2D eigenvalue weighted by atomic mass is 16.6. The Morgan fingerprint density at radius 1 is 1.20 bits per heavy atom. The second-order valence-corrected chi connectivity index (χ2v) is 2.89. The molecular formula is C7H13NO2. The van der Waals surface area contributed by atoms with Crippen LogP contribution in [0, 0.1) is 0 Å². The molecule has 2 atom stereocenters. The Morgan fingerprint density at radius 3 is 3.20 bits per heavy atom. The average molecular weight is 143 g/mol. The van der Waals surface area contributed by atoms with Gasteiger partial charge < -0.3 is 14.8 Å². The molecule has 0 aliphatic carbocycles. The van der Waals surface area contributed by atoms with Crippen molar-refractivity contribution < 1.29 is 9.47 Å². The molecule has 58 valence electrons. The Balaban J connectivity index is 1.91. The van der Waals surface area contributed by atoms with Crippen molar-refractivity contribution in [3.05, 3.63) is 0 Å². The van der Waals surface area contributed by atoms with Gasteiger partial charge in [0.25, 0.3) is 0 Å². The molecule has 0 amide bonds. The van der Waals surface area contributed by atoms with Gasteiger partial charge in [-0.3, -0.25) is 0 Å². The van der Waals surface area contributed by atoms with Gasteiger partial charge >= 0.3 is 0 Å². The van der Waals surface area contributed by atoms with Gasteiger partial charge in [0.15, 0.2) is 0 Å². The molecule has 2 aliphatic rings. The first-order chi connectivity index (χ1) is 4.95. The maximum Gasteiger partial charge on any atom is 0.0834 e. The minimum atomic E-state index is 0.382. The first kappa shape index (κ1) is 6.58. The molecule has 0 saturated carbocycles. The van der Waals surface area contributed by atoms with Crippen molar-refractivity contribution in [2.45, 2.75) is 18.6 Å². The van der Waals surface area contributed by atoms with Crippen LogP contribution >= 0.6 is 0 Å². The summed E-state index contributed by atoms with van der Waals surface area (Å²) in [5.41, 5.74) is 0. The minimum absolute atomic E-state index is 0.382. The fourth-order valence-electron chi connectivity index (χ4n) is 1.49. The van der Waals surface area contributed by atoms with Gasteiger partial charge in [0.1, 0.15) is 0 Å². The molecule has 10 heavy (non-hydrogen) atoms. The van der Waals surface area contributed by atoms with Gasteiger partial charge in [0, 0.05) is 19.5 Å². The van der Waals surface area contributed by atoms with Crippen LogP contribution in [0.3, 0.4) is 0 Å². The lowest BCUT2D eigenvalue weighted by molar-refractivity contribution is 0.0468. The van der Waals surface area contributed by atoms with E-state index in [4.69, 9.17) is 9.47 Å². The van der Waals surface area contributed by atoms with Gasteiger partial charge in [-0.05, 0) is 0 Å². The normalized spacial score (nSPS) is 40.8. The summed E-state index contributed by atoms with van der Waals surface area (Å²) >= 11 is 0. The molecule has 2 aliphatic heterocycles. The van der Waals surface area contributed by atoms with E-state index in [1.165, 1.54) is 0 Å². The molecule has 0 aromatic rings. The van der Waals surface area contributed by atoms with E-state index in [1.54, 1.807) is 0 Å². The number of rotatable bonds is 0. The number of fused-ring (bicyclic) bond motifs is 2. The summed E-state index contributed by atoms with van der Waals surface area (Å²) in [6.45, 7) is 3.60. The van der Waals surface area contributed by atoms with E-state index in [2.05, 4.69) is 5.32 Å². The molecule has 2 rings (SSSR count). The zero-order valence-electron chi connectivity index (χ0n) is 6.01. The van der Waals surface area contributed by atoms with Crippen LogP contribution in [0.1, 0.15) is 6.42 Å². The quantitative estimate of drug-likeness (QED) is 0.508. The summed E-state index contributed by atoms with van der Waals surface area (Å²) in [6.07, 6.45) is 1.87. The number of nitrogens with one attached hydrogen (secondary N) is 1. The van der Waals surface area contributed by atoms with Crippen molar-refractivity contribution in [2.75, 3.05) is 26.3 Å². The summed E-state index contributed by atoms with van der Waals surface area (Å²) in [5.74, 6) is 0. The zero-order chi connectivity index (χ0) is 6.81. The van der Waals surface area contributed by atoms with Crippen molar-refractivity contribution in [2.24, 2.45) is 0 Å². The maximum atomic E-state index is 5.49. The molecule has 1 N–H and O–H groups in total. The Bertz CT molecular complexity index is 106. The van der Waals surface area contributed by atoms with E-state index in [9.17, 15) is 0 Å². The van der Waals surface area contributed by atoms with E-state index in [1.807, 2.05) is 0 Å². The van der Waals surface area contributed by atoms with Crippen molar-refractivity contribution >= 4 is 0 Å². The number of hydrogen-bond donors (Lipinski definition) is 1. The fourth-order valence-corrected chi connectivity index (χ4v) is 1.49. The predicted octanol–water partition coefficient (Wildman–Crippen LogP) is -0.236. The monoisotopic (exact) mass is 143 g/mol. The Labute approximate surface area is 60.7 Å². The molecule has 2 unspecified atom stereocenters. The predicted molar refractivity (Wildman–Crippen MR) is 37.0 cm³/mol. The Morgan fingerprint density at radius 2 is 2.20 bits per heavy atom. The SMILES string of the molecule is C1COC2COC(CN1)C2. The zero-order valence-corrected chi connectivity index (χ0v) is 6.01. The molecule has 3 nitrogen and oxygen atoms in total. The van der Waals surface area contributed by atoms with Gasteiger partial charge in [0.05, 0.1) is 25.4 Å².